The average molecular weight is 710 g/mol. The molecule has 1 saturated carbocycles. The number of urea groups is 1. The van der Waals surface area contributed by atoms with Crippen molar-refractivity contribution in [2.45, 2.75) is 62.2 Å². The lowest BCUT2D eigenvalue weighted by Gasteiger charge is -2.18. The monoisotopic (exact) mass is 709 g/mol. The van der Waals surface area contributed by atoms with E-state index in [1.165, 1.54) is 12.3 Å². The van der Waals surface area contributed by atoms with E-state index in [9.17, 15) is 32.1 Å². The molecule has 50 heavy (non-hydrogen) atoms. The number of hydrogen-bond donors (Lipinski definition) is 5. The van der Waals surface area contributed by atoms with Gasteiger partial charge in [-0.25, -0.2) is 14.0 Å². The minimum absolute atomic E-state index is 0.161. The lowest BCUT2D eigenvalue weighted by Crippen LogP contribution is -2.28. The first kappa shape index (κ1) is 36.3. The second kappa shape index (κ2) is 14.5. The van der Waals surface area contributed by atoms with Gasteiger partial charge in [0.1, 0.15) is 5.82 Å². The largest absolute Gasteiger partial charge is 0.416 e. The molecule has 11 nitrogen and oxygen atoms in total. The molecule has 5 rings (SSSR count). The summed E-state index contributed by atoms with van der Waals surface area (Å²) in [5.41, 5.74) is 0.783. The Kier molecular flexibility index (Phi) is 10.5. The van der Waals surface area contributed by atoms with Crippen molar-refractivity contribution in [2.24, 2.45) is 4.36 Å². The van der Waals surface area contributed by atoms with Gasteiger partial charge in [0.15, 0.2) is 0 Å². The Bertz CT molecular complexity index is 2010. The second-order valence-corrected chi connectivity index (χ2v) is 14.8. The van der Waals surface area contributed by atoms with Crippen LogP contribution in [-0.4, -0.2) is 56.2 Å². The van der Waals surface area contributed by atoms with E-state index in [4.69, 9.17) is 0 Å². The lowest BCUT2D eigenvalue weighted by atomic mass is 9.93. The zero-order valence-electron chi connectivity index (χ0n) is 27.8. The van der Waals surface area contributed by atoms with Crippen LogP contribution in [0.3, 0.4) is 0 Å². The first-order valence-electron chi connectivity index (χ1n) is 15.8. The zero-order valence-corrected chi connectivity index (χ0v) is 28.7. The quantitative estimate of drug-likeness (QED) is 0.112. The first-order chi connectivity index (χ1) is 23.6. The third kappa shape index (κ3) is 8.58. The zero-order chi connectivity index (χ0) is 36.3. The molecule has 1 aliphatic rings. The molecular formula is C35H38F3N7O4S. The molecule has 0 aliphatic heterocycles. The number of aliphatic hydroxyl groups excluding tert-OH is 1. The standard InChI is InChI=1S/C35H38F3N7O4S/c1-21(2)40-33(48)45-50(4,49)28-10-6-9-27(18-28)43-32-39-19-29(30(44-32)41-22(3)20-46)23-11-13-26(14-12-23)42-31(47)34(15-16-34)24-7-5-8-25(17-24)35(36,37)38/h5-14,17-19,21-22,46H,15-16,20H2,1-4H3,(H,40,48)(H,42,47)(H2,39,41,43,44). The Hall–Kier alpha value is -5.02. The van der Waals surface area contributed by atoms with Crippen LogP contribution in [-0.2, 0) is 26.1 Å². The minimum atomic E-state index is -4.51. The van der Waals surface area contributed by atoms with Crippen LogP contribution in [0.5, 0.6) is 0 Å². The molecule has 3 aromatic carbocycles. The van der Waals surface area contributed by atoms with E-state index in [0.29, 0.717) is 51.6 Å². The summed E-state index contributed by atoms with van der Waals surface area (Å²) in [6, 6.07) is 17.2. The van der Waals surface area contributed by atoms with Crippen molar-refractivity contribution in [3.8, 4) is 11.1 Å². The van der Waals surface area contributed by atoms with Crippen LogP contribution in [0.2, 0.25) is 0 Å². The van der Waals surface area contributed by atoms with E-state index in [2.05, 4.69) is 35.6 Å². The number of carbonyl (C=O) groups is 2. The maximum atomic E-state index is 13.3. The third-order valence-electron chi connectivity index (χ3n) is 8.02. The number of anilines is 4. The number of nitrogens with zero attached hydrogens (tertiary/aromatic N) is 3. The number of halogens is 3. The van der Waals surface area contributed by atoms with Gasteiger partial charge in [-0.3, -0.25) is 4.79 Å². The van der Waals surface area contributed by atoms with Crippen molar-refractivity contribution >= 4 is 44.8 Å². The van der Waals surface area contributed by atoms with Gasteiger partial charge in [0.2, 0.25) is 11.9 Å². The molecule has 1 fully saturated rings. The molecule has 15 heteroatoms. The van der Waals surface area contributed by atoms with E-state index in [-0.39, 0.29) is 30.5 Å². The molecule has 0 radical (unpaired) electrons. The van der Waals surface area contributed by atoms with Crippen LogP contribution in [0.4, 0.5) is 41.1 Å². The number of aromatic nitrogens is 2. The maximum absolute atomic E-state index is 13.3. The molecule has 3 amide bonds. The van der Waals surface area contributed by atoms with Gasteiger partial charge >= 0.3 is 12.2 Å². The Morgan fingerprint density at radius 2 is 1.70 bits per heavy atom. The maximum Gasteiger partial charge on any atom is 0.416 e. The number of benzene rings is 3. The molecule has 264 valence electrons. The molecule has 2 atom stereocenters. The Labute approximate surface area is 288 Å². The molecule has 5 N–H and O–H groups in total. The molecule has 1 aliphatic carbocycles. The van der Waals surface area contributed by atoms with Crippen LogP contribution in [0.1, 0.15) is 44.7 Å². The van der Waals surface area contributed by atoms with Crippen LogP contribution in [0.25, 0.3) is 11.1 Å². The highest BCUT2D eigenvalue weighted by atomic mass is 32.2. The van der Waals surface area contributed by atoms with Crippen LogP contribution < -0.4 is 21.3 Å². The van der Waals surface area contributed by atoms with Crippen molar-refractivity contribution in [1.29, 1.82) is 0 Å². The van der Waals surface area contributed by atoms with Gasteiger partial charge in [0.05, 0.1) is 27.3 Å². The molecule has 1 aromatic heterocycles. The van der Waals surface area contributed by atoms with E-state index in [0.717, 1.165) is 12.1 Å². The van der Waals surface area contributed by atoms with E-state index < -0.39 is 32.9 Å². The fourth-order valence-electron chi connectivity index (χ4n) is 5.21. The summed E-state index contributed by atoms with van der Waals surface area (Å²) < 4.78 is 57.0. The summed E-state index contributed by atoms with van der Waals surface area (Å²) in [4.78, 5) is 34.8. The summed E-state index contributed by atoms with van der Waals surface area (Å²) in [5, 5.41) is 21.4. The fourth-order valence-corrected chi connectivity index (χ4v) is 6.37. The number of carbonyl (C=O) groups excluding carboxylic acids is 2. The molecule has 0 saturated heterocycles. The van der Waals surface area contributed by atoms with Crippen molar-refractivity contribution in [1.82, 2.24) is 15.3 Å². The van der Waals surface area contributed by atoms with Gasteiger partial charge in [-0.2, -0.15) is 18.2 Å². The second-order valence-electron chi connectivity index (χ2n) is 12.5. The number of aliphatic hydroxyl groups is 1. The minimum Gasteiger partial charge on any atom is -0.394 e. The molecule has 1 heterocycles. The Morgan fingerprint density at radius 3 is 2.34 bits per heavy atom. The van der Waals surface area contributed by atoms with Gasteiger partial charge in [-0.15, -0.1) is 4.36 Å². The van der Waals surface area contributed by atoms with E-state index in [1.54, 1.807) is 81.6 Å². The number of amides is 3. The van der Waals surface area contributed by atoms with E-state index in [1.807, 2.05) is 0 Å². The third-order valence-corrected chi connectivity index (χ3v) is 9.67. The topological polar surface area (TPSA) is 158 Å². The van der Waals surface area contributed by atoms with Crippen molar-refractivity contribution < 1.29 is 32.1 Å². The predicted molar refractivity (Wildman–Crippen MR) is 187 cm³/mol. The van der Waals surface area contributed by atoms with E-state index >= 15 is 0 Å². The van der Waals surface area contributed by atoms with Gasteiger partial charge in [0, 0.05) is 46.4 Å². The Balaban J connectivity index is 1.35. The summed E-state index contributed by atoms with van der Waals surface area (Å²) in [5.74, 6) is 0.222. The van der Waals surface area contributed by atoms with Crippen LogP contribution in [0, 0.1) is 0 Å². The highest BCUT2D eigenvalue weighted by Crippen LogP contribution is 2.50. The normalized spacial score (nSPS) is 15.4. The van der Waals surface area contributed by atoms with Gasteiger partial charge < -0.3 is 26.4 Å². The lowest BCUT2D eigenvalue weighted by molar-refractivity contribution is -0.137. The first-order valence-corrected chi connectivity index (χ1v) is 17.8. The molecule has 2 unspecified atom stereocenters. The smallest absolute Gasteiger partial charge is 0.394 e. The summed E-state index contributed by atoms with van der Waals surface area (Å²) in [7, 11) is -3.05. The van der Waals surface area contributed by atoms with Gasteiger partial charge in [-0.05, 0) is 81.1 Å². The fraction of sp³-hybridized carbons (Fsp3) is 0.314. The summed E-state index contributed by atoms with van der Waals surface area (Å²) in [6.45, 7) is 5.15. The van der Waals surface area contributed by atoms with Crippen molar-refractivity contribution in [3.63, 3.8) is 0 Å². The number of nitrogens with one attached hydrogen (secondary N) is 4. The number of alkyl halides is 3. The summed E-state index contributed by atoms with van der Waals surface area (Å²) in [6.07, 6.45) is -0.650. The molecule has 4 aromatic rings. The average Bonchev–Trinajstić information content (AvgIpc) is 3.87. The van der Waals surface area contributed by atoms with Crippen LogP contribution >= 0.6 is 0 Å². The van der Waals surface area contributed by atoms with Crippen molar-refractivity contribution in [2.75, 3.05) is 28.8 Å². The molecule has 0 bridgehead atoms. The highest BCUT2D eigenvalue weighted by molar-refractivity contribution is 7.93. The number of hydrogen-bond acceptors (Lipinski definition) is 8. The highest BCUT2D eigenvalue weighted by Gasteiger charge is 2.51. The molecule has 0 spiro atoms. The number of rotatable bonds is 11. The predicted octanol–water partition coefficient (Wildman–Crippen LogP) is 6.94. The van der Waals surface area contributed by atoms with Crippen LogP contribution in [0.15, 0.2) is 88.3 Å². The summed E-state index contributed by atoms with van der Waals surface area (Å²) >= 11 is 0. The van der Waals surface area contributed by atoms with Crippen molar-refractivity contribution in [3.05, 3.63) is 90.1 Å². The Morgan fingerprint density at radius 1 is 1.00 bits per heavy atom. The molecular weight excluding hydrogens is 671 g/mol. The van der Waals surface area contributed by atoms with Gasteiger partial charge in [0.25, 0.3) is 0 Å². The van der Waals surface area contributed by atoms with Gasteiger partial charge in [-0.1, -0.05) is 36.4 Å². The SMILES string of the molecule is CC(C)NC(=O)N=S(C)(=O)c1cccc(Nc2ncc(-c3ccc(NC(=O)C4(c5cccc(C(F)(F)F)c5)CC4)cc3)c(NC(C)CO)n2)c1.